The Morgan fingerprint density at radius 3 is 0.982 bits per heavy atom. The number of amides is 2. The van der Waals surface area contributed by atoms with Crippen LogP contribution >= 0.6 is 56.7 Å². The van der Waals surface area contributed by atoms with Gasteiger partial charge >= 0.3 is 0 Å². The lowest BCUT2D eigenvalue weighted by Gasteiger charge is -2.23. The number of anilines is 2. The quantitative estimate of drug-likeness (QED) is 0.159. The van der Waals surface area contributed by atoms with E-state index in [0.29, 0.717) is 0 Å². The molecule has 0 saturated heterocycles. The molecule has 9 aromatic heterocycles. The van der Waals surface area contributed by atoms with Crippen molar-refractivity contribution < 1.29 is 9.59 Å². The molecule has 0 radical (unpaired) electrons. The predicted molar refractivity (Wildman–Crippen MR) is 487 cm³/mol. The second-order valence-electron chi connectivity index (χ2n) is 32.2. The number of carbonyl (C=O) groups excluding carboxylic acids is 2. The molecule has 11 heterocycles. The molecular formula is C96H116N8O2S5. The van der Waals surface area contributed by atoms with Crippen molar-refractivity contribution in [2.75, 3.05) is 23.9 Å². The van der Waals surface area contributed by atoms with E-state index in [1.54, 1.807) is 21.1 Å². The topological polar surface area (TPSA) is 118 Å². The molecule has 0 saturated carbocycles. The summed E-state index contributed by atoms with van der Waals surface area (Å²) in [6, 6.07) is 0. The summed E-state index contributed by atoms with van der Waals surface area (Å²) in [4.78, 5) is 60.0. The Labute approximate surface area is 680 Å². The van der Waals surface area contributed by atoms with E-state index in [9.17, 15) is 9.59 Å². The number of aryl methyl sites for hydroxylation is 25. The summed E-state index contributed by atoms with van der Waals surface area (Å²) in [5.41, 5.74) is 40.8. The maximum absolute atomic E-state index is 13.6. The number of rotatable bonds is 1. The Bertz CT molecular complexity index is 6080. The number of hydrogen-bond acceptors (Lipinski definition) is 13. The molecule has 2 atom stereocenters. The first-order valence-electron chi connectivity index (χ1n) is 38.9. The van der Waals surface area contributed by atoms with Crippen molar-refractivity contribution in [1.29, 1.82) is 0 Å². The van der Waals surface area contributed by atoms with E-state index >= 15 is 0 Å². The maximum Gasteiger partial charge on any atom is 0.235 e. The van der Waals surface area contributed by atoms with E-state index in [1.165, 1.54) is 208 Å². The van der Waals surface area contributed by atoms with Gasteiger partial charge in [0.25, 0.3) is 0 Å². The Hall–Kier alpha value is -8.18. The van der Waals surface area contributed by atoms with Crippen molar-refractivity contribution in [1.82, 2.24) is 30.1 Å². The molecule has 2 aliphatic rings. The molecular weight excluding hydrogens is 1460 g/mol. The molecule has 0 bridgehead atoms. The van der Waals surface area contributed by atoms with Gasteiger partial charge < -0.3 is 9.80 Å². The van der Waals surface area contributed by atoms with E-state index in [-0.39, 0.29) is 11.8 Å². The van der Waals surface area contributed by atoms with Crippen LogP contribution in [0.1, 0.15) is 219 Å². The fourth-order valence-electron chi connectivity index (χ4n) is 18.5. The van der Waals surface area contributed by atoms with Gasteiger partial charge in [-0.2, -0.15) is 10.2 Å². The monoisotopic (exact) mass is 1570 g/mol. The van der Waals surface area contributed by atoms with Crippen LogP contribution in [0, 0.1) is 249 Å². The van der Waals surface area contributed by atoms with Crippen LogP contribution in [0.2, 0.25) is 0 Å². The minimum Gasteiger partial charge on any atom is -0.314 e. The van der Waals surface area contributed by atoms with E-state index in [4.69, 9.17) is 0 Å². The molecule has 5 aromatic carbocycles. The zero-order valence-electron chi connectivity index (χ0n) is 73.6. The van der Waals surface area contributed by atoms with Crippen LogP contribution in [0.4, 0.5) is 11.4 Å². The third-order valence-corrected chi connectivity index (χ3v) is 31.7. The van der Waals surface area contributed by atoms with Gasteiger partial charge in [-0.15, -0.1) is 56.7 Å². The van der Waals surface area contributed by atoms with Crippen molar-refractivity contribution in [3.05, 3.63) is 207 Å². The van der Waals surface area contributed by atoms with Gasteiger partial charge in [0.15, 0.2) is 0 Å². The fraction of sp³-hybridized carbons (Fsp3) is 0.417. The lowest BCUT2D eigenvalue weighted by molar-refractivity contribution is -0.125. The van der Waals surface area contributed by atoms with Crippen LogP contribution in [-0.4, -0.2) is 56.0 Å². The van der Waals surface area contributed by atoms with Crippen LogP contribution in [0.25, 0.3) is 74.3 Å². The number of hydrogen-bond donors (Lipinski definition) is 0. The molecule has 0 N–H and O–H groups in total. The van der Waals surface area contributed by atoms with Gasteiger partial charge in [-0.1, -0.05) is 0 Å². The summed E-state index contributed by atoms with van der Waals surface area (Å²) in [6.07, 6.45) is 0. The highest BCUT2D eigenvalue weighted by Crippen LogP contribution is 2.56. The number of fused-ring (bicyclic) bond motifs is 9. The highest BCUT2D eigenvalue weighted by molar-refractivity contribution is 7.20. The van der Waals surface area contributed by atoms with E-state index in [2.05, 4.69) is 259 Å². The molecule has 15 heteroatoms. The first-order chi connectivity index (χ1) is 51.8. The summed E-state index contributed by atoms with van der Waals surface area (Å²) < 4.78 is 2.97. The molecule has 2 unspecified atom stereocenters. The Kier molecular flexibility index (Phi) is 23.4. The van der Waals surface area contributed by atoms with Crippen molar-refractivity contribution in [2.45, 2.75) is 261 Å². The number of likely N-dealkylation sites (N-methyl/N-ethyl adjacent to an activating group) is 2. The molecule has 2 amide bonds. The number of thiophene rings is 5. The molecule has 0 aliphatic carbocycles. The first-order valence-corrected chi connectivity index (χ1v) is 43.0. The second-order valence-corrected chi connectivity index (χ2v) is 38.9. The summed E-state index contributed by atoms with van der Waals surface area (Å²) in [7, 11) is 3.70. The number of benzene rings is 5. The normalized spacial score (nSPS) is 13.9. The molecule has 0 spiro atoms. The van der Waals surface area contributed by atoms with Gasteiger partial charge in [-0.05, 0) is 399 Å². The molecule has 0 fully saturated rings. The molecule has 582 valence electrons. The summed E-state index contributed by atoms with van der Waals surface area (Å²) in [5.74, 6) is -0.0307. The van der Waals surface area contributed by atoms with Crippen molar-refractivity contribution in [2.24, 2.45) is 0 Å². The van der Waals surface area contributed by atoms with Gasteiger partial charge in [0.05, 0.1) is 45.6 Å². The van der Waals surface area contributed by atoms with Crippen LogP contribution in [-0.2, 0) is 9.59 Å². The molecule has 10 nitrogen and oxygen atoms in total. The van der Waals surface area contributed by atoms with E-state index in [0.717, 1.165) is 84.6 Å². The summed E-state index contributed by atoms with van der Waals surface area (Å²) in [6.45, 7) is 77.8. The van der Waals surface area contributed by atoms with Gasteiger partial charge in [0.2, 0.25) is 11.8 Å². The number of aromatic nitrogens is 6. The Morgan fingerprint density at radius 1 is 0.225 bits per heavy atom. The minimum absolute atomic E-state index is 0.0241. The van der Waals surface area contributed by atoms with Crippen LogP contribution < -0.4 is 9.80 Å². The van der Waals surface area contributed by atoms with Gasteiger partial charge in [-0.3, -0.25) is 19.6 Å². The standard InChI is InChI=1S/C26H32N2O2.C22H24S2.C14H18N2.2C12H15NS.C10H12N2S/c1-11-13(3)17(7)23-19(15(11)5)21(25(29)27(23)9)22-20-16(6)12(2)14(4)18(8)24(20)28(10)26(22)30;1-9-15(7)23-21-13(5)18-12(4)20-10(2)16(8)24-22(20)14(6)17(18)11(3)19(9)21;1-7-8(2)10(4)14-12(6)16-15-11(5)13(14)9(7)3;1-6-7(2)13-8(3)12-10(5)14-9(4)11(6)12;1-6-7(2)11-9(4)14-10(5)12(11)13-8(6)3;1-5-9-6(2)13-7(3)10(9)12-8(4)11-5/h21-22H,1-10H3;1-8H3;1-6H3;2*1-5H3;1-4H3. The molecule has 14 aromatic rings. The van der Waals surface area contributed by atoms with Crippen molar-refractivity contribution in [3.8, 4) is 0 Å². The predicted octanol–water partition coefficient (Wildman–Crippen LogP) is 26.8. The summed E-state index contributed by atoms with van der Waals surface area (Å²) >= 11 is 9.47. The third kappa shape index (κ3) is 13.6. The fourth-order valence-corrected chi connectivity index (χ4v) is 24.3. The smallest absolute Gasteiger partial charge is 0.235 e. The maximum atomic E-state index is 13.6. The van der Waals surface area contributed by atoms with E-state index in [1.807, 2.05) is 80.2 Å². The lowest BCUT2D eigenvalue weighted by atomic mass is 9.76. The summed E-state index contributed by atoms with van der Waals surface area (Å²) in [5, 5.41) is 22.4. The van der Waals surface area contributed by atoms with Gasteiger partial charge in [0.1, 0.15) is 5.82 Å². The zero-order chi connectivity index (χ0) is 82.4. The highest BCUT2D eigenvalue weighted by atomic mass is 32.1. The van der Waals surface area contributed by atoms with Crippen molar-refractivity contribution in [3.63, 3.8) is 0 Å². The second kappa shape index (κ2) is 31.0. The first kappa shape index (κ1) is 83.7. The lowest BCUT2D eigenvalue weighted by Crippen LogP contribution is -2.33. The third-order valence-electron chi connectivity index (χ3n) is 26.0. The van der Waals surface area contributed by atoms with Crippen LogP contribution in [0.5, 0.6) is 0 Å². The number of nitrogens with zero attached hydrogens (tertiary/aromatic N) is 8. The average Bonchev–Trinajstić information content (AvgIpc) is 1.60. The van der Waals surface area contributed by atoms with Crippen LogP contribution in [0.3, 0.4) is 0 Å². The number of carbonyl (C=O) groups is 2. The number of pyridine rings is 2. The molecule has 111 heavy (non-hydrogen) atoms. The molecule has 16 rings (SSSR count). The van der Waals surface area contributed by atoms with Crippen LogP contribution in [0.15, 0.2) is 0 Å². The van der Waals surface area contributed by atoms with Crippen molar-refractivity contribution >= 4 is 154 Å². The van der Waals surface area contributed by atoms with E-state index < -0.39 is 11.8 Å². The highest BCUT2D eigenvalue weighted by Gasteiger charge is 2.52. The largest absolute Gasteiger partial charge is 0.314 e. The average molecular weight is 1570 g/mol. The zero-order valence-corrected chi connectivity index (χ0v) is 77.7. The Morgan fingerprint density at radius 2 is 0.559 bits per heavy atom. The van der Waals surface area contributed by atoms with Gasteiger partial charge in [0, 0.05) is 118 Å². The minimum atomic E-state index is -0.473. The SMILES string of the molecule is Cc1c(C)c(C)c2c(C)nnc(C)c2c1C.Cc1c(C)c(C)c2c(c1C)C(C1C(=O)N(C)c3c(C)c(C)c(C)c(C)c31)C(=O)N2C.Cc1nc(C)c2c(C)sc(C)c2c1C.Cc1nc(C)c2c(C)sc(C)c2n1.Cc1nc2c(C)sc(C)c2c(C)c1C.Cc1sc2c(C)c3c(C)c4c(C)c(C)sc4c(C)c3c(C)c2c1C. The molecule has 2 aliphatic heterocycles. The van der Waals surface area contributed by atoms with Gasteiger partial charge in [-0.25, -0.2) is 9.97 Å². The Balaban J connectivity index is 0.000000136.